The van der Waals surface area contributed by atoms with Gasteiger partial charge in [0, 0.05) is 19.6 Å². The highest BCUT2D eigenvalue weighted by atomic mass is 127. The minimum Gasteiger partial charge on any atom is -0.469 e. The van der Waals surface area contributed by atoms with Crippen LogP contribution in [-0.2, 0) is 16.0 Å². The number of carbonyl (C=O) groups excluding carboxylic acids is 1. The van der Waals surface area contributed by atoms with E-state index in [-0.39, 0.29) is 29.9 Å². The number of guanidine groups is 1. The van der Waals surface area contributed by atoms with Gasteiger partial charge in [-0.1, -0.05) is 30.3 Å². The molecule has 1 unspecified atom stereocenters. The maximum absolute atomic E-state index is 11.2. The summed E-state index contributed by atoms with van der Waals surface area (Å²) in [5, 5.41) is 3.32. The summed E-state index contributed by atoms with van der Waals surface area (Å²) in [6.45, 7) is 5.39. The van der Waals surface area contributed by atoms with Crippen molar-refractivity contribution in [1.82, 2.24) is 10.2 Å². The van der Waals surface area contributed by atoms with Crippen LogP contribution < -0.4 is 5.32 Å². The molecule has 0 radical (unpaired) electrons. The van der Waals surface area contributed by atoms with Crippen molar-refractivity contribution in [2.24, 2.45) is 10.9 Å². The van der Waals surface area contributed by atoms with Crippen molar-refractivity contribution >= 4 is 35.9 Å². The minimum atomic E-state index is -0.215. The lowest BCUT2D eigenvalue weighted by Gasteiger charge is -2.21. The minimum absolute atomic E-state index is 0. The second-order valence-corrected chi connectivity index (χ2v) is 5.85. The normalized spacial score (nSPS) is 17.3. The van der Waals surface area contributed by atoms with E-state index in [0.717, 1.165) is 32.0 Å². The molecule has 1 fully saturated rings. The quantitative estimate of drug-likeness (QED) is 0.317. The molecule has 1 aliphatic rings. The molecule has 0 bridgehead atoms. The summed E-state index contributed by atoms with van der Waals surface area (Å²) in [4.78, 5) is 18.1. The van der Waals surface area contributed by atoms with Crippen molar-refractivity contribution in [3.05, 3.63) is 35.9 Å². The summed E-state index contributed by atoms with van der Waals surface area (Å²) in [7, 11) is 1.41. The SMILES string of the molecule is CCNC(=NCCC(=O)OC)N1CCC(Cc2ccccc2)C1.I. The standard InChI is InChI=1S/C18H27N3O2.HI/c1-3-19-18(20-11-9-17(22)23-2)21-12-10-16(14-21)13-15-7-5-4-6-8-15;/h4-8,16H,3,9-14H2,1-2H3,(H,19,20);1H. The molecule has 1 saturated heterocycles. The lowest BCUT2D eigenvalue weighted by Crippen LogP contribution is -2.40. The van der Waals surface area contributed by atoms with Crippen molar-refractivity contribution in [2.75, 3.05) is 33.3 Å². The molecule has 24 heavy (non-hydrogen) atoms. The topological polar surface area (TPSA) is 53.9 Å². The Bertz CT molecular complexity index is 522. The van der Waals surface area contributed by atoms with Crippen LogP contribution in [0.25, 0.3) is 0 Å². The first kappa shape index (κ1) is 20.7. The fourth-order valence-electron chi connectivity index (χ4n) is 2.92. The number of methoxy groups -OCH3 is 1. The molecular formula is C18H28IN3O2. The maximum Gasteiger partial charge on any atom is 0.307 e. The number of halogens is 1. The van der Waals surface area contributed by atoms with Gasteiger partial charge in [-0.2, -0.15) is 0 Å². The number of aliphatic imine (C=N–C) groups is 1. The number of hydrogen-bond acceptors (Lipinski definition) is 3. The van der Waals surface area contributed by atoms with Gasteiger partial charge in [0.1, 0.15) is 0 Å². The Balaban J connectivity index is 0.00000288. The van der Waals surface area contributed by atoms with E-state index >= 15 is 0 Å². The third-order valence-corrected chi connectivity index (χ3v) is 4.09. The first-order chi connectivity index (χ1) is 11.2. The Labute approximate surface area is 161 Å². The molecule has 6 heteroatoms. The van der Waals surface area contributed by atoms with Crippen molar-refractivity contribution in [3.8, 4) is 0 Å². The summed E-state index contributed by atoms with van der Waals surface area (Å²) in [6, 6.07) is 10.6. The van der Waals surface area contributed by atoms with Crippen LogP contribution in [0.1, 0.15) is 25.3 Å². The van der Waals surface area contributed by atoms with E-state index in [1.54, 1.807) is 0 Å². The average molecular weight is 445 g/mol. The van der Waals surface area contributed by atoms with Gasteiger partial charge in [0.15, 0.2) is 5.96 Å². The van der Waals surface area contributed by atoms with Gasteiger partial charge in [0.25, 0.3) is 0 Å². The van der Waals surface area contributed by atoms with E-state index in [2.05, 4.69) is 57.2 Å². The third-order valence-electron chi connectivity index (χ3n) is 4.09. The van der Waals surface area contributed by atoms with Crippen LogP contribution in [0, 0.1) is 5.92 Å². The number of benzene rings is 1. The van der Waals surface area contributed by atoms with E-state index in [9.17, 15) is 4.79 Å². The highest BCUT2D eigenvalue weighted by Gasteiger charge is 2.24. The zero-order valence-electron chi connectivity index (χ0n) is 14.5. The molecule has 0 amide bonds. The van der Waals surface area contributed by atoms with Crippen LogP contribution >= 0.6 is 24.0 Å². The van der Waals surface area contributed by atoms with E-state index in [1.165, 1.54) is 19.1 Å². The number of rotatable bonds is 6. The van der Waals surface area contributed by atoms with Crippen molar-refractivity contribution < 1.29 is 9.53 Å². The van der Waals surface area contributed by atoms with Crippen LogP contribution in [0.5, 0.6) is 0 Å². The smallest absolute Gasteiger partial charge is 0.307 e. The van der Waals surface area contributed by atoms with Crippen LogP contribution in [-0.4, -0.2) is 50.1 Å². The Kier molecular flexibility index (Phi) is 9.75. The Morgan fingerprint density at radius 1 is 1.38 bits per heavy atom. The maximum atomic E-state index is 11.2. The molecule has 134 valence electrons. The summed E-state index contributed by atoms with van der Waals surface area (Å²) < 4.78 is 4.66. The van der Waals surface area contributed by atoms with Gasteiger partial charge in [-0.25, -0.2) is 0 Å². The zero-order valence-corrected chi connectivity index (χ0v) is 16.9. The number of ether oxygens (including phenoxy) is 1. The van der Waals surface area contributed by atoms with Gasteiger partial charge in [0.05, 0.1) is 20.1 Å². The second kappa shape index (κ2) is 11.3. The molecule has 1 aromatic carbocycles. The lowest BCUT2D eigenvalue weighted by molar-refractivity contribution is -0.140. The highest BCUT2D eigenvalue weighted by molar-refractivity contribution is 14.0. The molecule has 0 aliphatic carbocycles. The average Bonchev–Trinajstić information content (AvgIpc) is 3.03. The predicted octanol–water partition coefficient (Wildman–Crippen LogP) is 2.70. The molecule has 1 N–H and O–H groups in total. The fraction of sp³-hybridized carbons (Fsp3) is 0.556. The predicted molar refractivity (Wildman–Crippen MR) is 108 cm³/mol. The molecule has 5 nitrogen and oxygen atoms in total. The molecule has 1 aromatic rings. The monoisotopic (exact) mass is 445 g/mol. The van der Waals surface area contributed by atoms with Gasteiger partial charge >= 0.3 is 5.97 Å². The first-order valence-electron chi connectivity index (χ1n) is 8.37. The molecular weight excluding hydrogens is 417 g/mol. The summed E-state index contributed by atoms with van der Waals surface area (Å²) >= 11 is 0. The fourth-order valence-corrected chi connectivity index (χ4v) is 2.92. The molecule has 0 saturated carbocycles. The number of esters is 1. The highest BCUT2D eigenvalue weighted by Crippen LogP contribution is 2.20. The zero-order chi connectivity index (χ0) is 16.5. The Morgan fingerprint density at radius 3 is 2.79 bits per heavy atom. The van der Waals surface area contributed by atoms with Crippen LogP contribution in [0.4, 0.5) is 0 Å². The van der Waals surface area contributed by atoms with Gasteiger partial charge in [-0.15, -0.1) is 24.0 Å². The largest absolute Gasteiger partial charge is 0.469 e. The Hall–Kier alpha value is -1.31. The van der Waals surface area contributed by atoms with Gasteiger partial charge in [0.2, 0.25) is 0 Å². The van der Waals surface area contributed by atoms with Gasteiger partial charge in [-0.3, -0.25) is 9.79 Å². The summed E-state index contributed by atoms with van der Waals surface area (Å²) in [5.41, 5.74) is 1.40. The number of carbonyl (C=O) groups is 1. The second-order valence-electron chi connectivity index (χ2n) is 5.85. The number of likely N-dealkylation sites (tertiary alicyclic amines) is 1. The van der Waals surface area contributed by atoms with Crippen molar-refractivity contribution in [1.29, 1.82) is 0 Å². The molecule has 2 rings (SSSR count). The van der Waals surface area contributed by atoms with Gasteiger partial charge in [-0.05, 0) is 31.2 Å². The van der Waals surface area contributed by atoms with Crippen LogP contribution in [0.3, 0.4) is 0 Å². The number of nitrogens with one attached hydrogen (secondary N) is 1. The molecule has 0 spiro atoms. The van der Waals surface area contributed by atoms with E-state index in [4.69, 9.17) is 0 Å². The lowest BCUT2D eigenvalue weighted by atomic mass is 9.99. The first-order valence-corrected chi connectivity index (χ1v) is 8.37. The van der Waals surface area contributed by atoms with Crippen molar-refractivity contribution in [3.63, 3.8) is 0 Å². The molecule has 1 aliphatic heterocycles. The van der Waals surface area contributed by atoms with E-state index < -0.39 is 0 Å². The van der Waals surface area contributed by atoms with Gasteiger partial charge < -0.3 is 15.0 Å². The van der Waals surface area contributed by atoms with Crippen LogP contribution in [0.15, 0.2) is 35.3 Å². The third kappa shape index (κ3) is 6.67. The Morgan fingerprint density at radius 2 is 2.12 bits per heavy atom. The summed E-state index contributed by atoms with van der Waals surface area (Å²) in [6.07, 6.45) is 2.61. The van der Waals surface area contributed by atoms with E-state index in [1.807, 2.05) is 0 Å². The number of hydrogen-bond donors (Lipinski definition) is 1. The van der Waals surface area contributed by atoms with E-state index in [0.29, 0.717) is 18.9 Å². The summed E-state index contributed by atoms with van der Waals surface area (Å²) in [5.74, 6) is 1.35. The van der Waals surface area contributed by atoms with Crippen LogP contribution in [0.2, 0.25) is 0 Å². The number of nitrogens with zero attached hydrogens (tertiary/aromatic N) is 2. The molecule has 0 aromatic heterocycles. The molecule has 1 heterocycles. The van der Waals surface area contributed by atoms with Crippen molar-refractivity contribution in [2.45, 2.75) is 26.2 Å². The molecule has 1 atom stereocenters.